The first-order chi connectivity index (χ1) is 5.33. The second-order valence-corrected chi connectivity index (χ2v) is 5.56. The van der Waals surface area contributed by atoms with Crippen molar-refractivity contribution >= 4 is 8.58 Å². The number of unbranched alkanes of at least 4 members (excludes halogenated alkanes) is 1. The van der Waals surface area contributed by atoms with Gasteiger partial charge in [-0.15, -0.1) is 8.58 Å². The lowest BCUT2D eigenvalue weighted by Gasteiger charge is -2.09. The van der Waals surface area contributed by atoms with Gasteiger partial charge in [-0.3, -0.25) is 0 Å². The predicted octanol–water partition coefficient (Wildman–Crippen LogP) is 3.65. The quantitative estimate of drug-likeness (QED) is 0.536. The van der Waals surface area contributed by atoms with E-state index in [-0.39, 0.29) is 0 Å². The van der Waals surface area contributed by atoms with Crippen molar-refractivity contribution in [3.63, 3.8) is 0 Å². The molecule has 0 radical (unpaired) electrons. The zero-order chi connectivity index (χ0) is 8.10. The molecule has 0 bridgehead atoms. The van der Waals surface area contributed by atoms with Crippen molar-refractivity contribution in [1.29, 1.82) is 0 Å². The van der Waals surface area contributed by atoms with Crippen LogP contribution in [0.3, 0.4) is 0 Å². The molecule has 0 nitrogen and oxygen atoms in total. The lowest BCUT2D eigenvalue weighted by Crippen LogP contribution is -1.97. The van der Waals surface area contributed by atoms with Crippen LogP contribution in [0.1, 0.15) is 46.0 Å². The third-order valence-electron chi connectivity index (χ3n) is 2.38. The van der Waals surface area contributed by atoms with E-state index in [1.54, 1.807) is 12.8 Å². The highest BCUT2D eigenvalue weighted by atomic mass is 31.1. The molecular formula is C10H21P. The van der Waals surface area contributed by atoms with Gasteiger partial charge in [-0.05, 0) is 30.6 Å². The Balaban J connectivity index is 1.87. The van der Waals surface area contributed by atoms with Gasteiger partial charge in [0.15, 0.2) is 0 Å². The molecule has 0 aliphatic heterocycles. The van der Waals surface area contributed by atoms with Gasteiger partial charge in [0, 0.05) is 0 Å². The van der Waals surface area contributed by atoms with E-state index < -0.39 is 0 Å². The molecule has 0 aromatic heterocycles. The Morgan fingerprint density at radius 2 is 2.18 bits per heavy atom. The molecule has 2 unspecified atom stereocenters. The summed E-state index contributed by atoms with van der Waals surface area (Å²) in [4.78, 5) is 0. The van der Waals surface area contributed by atoms with E-state index in [9.17, 15) is 0 Å². The third kappa shape index (κ3) is 4.80. The van der Waals surface area contributed by atoms with Crippen molar-refractivity contribution in [2.75, 3.05) is 6.16 Å². The minimum atomic E-state index is 1.01. The van der Waals surface area contributed by atoms with Crippen LogP contribution in [0.4, 0.5) is 0 Å². The van der Waals surface area contributed by atoms with Crippen molar-refractivity contribution in [2.45, 2.75) is 51.6 Å². The van der Waals surface area contributed by atoms with E-state index in [1.807, 2.05) is 0 Å². The van der Waals surface area contributed by atoms with Crippen LogP contribution < -0.4 is 0 Å². The highest BCUT2D eigenvalue weighted by molar-refractivity contribution is 7.39. The first-order valence-corrected chi connectivity index (χ1v) is 6.34. The van der Waals surface area contributed by atoms with Gasteiger partial charge in [0.05, 0.1) is 0 Å². The largest absolute Gasteiger partial charge is 0.119 e. The van der Waals surface area contributed by atoms with Crippen LogP contribution in [0, 0.1) is 5.92 Å². The maximum absolute atomic E-state index is 2.42. The minimum Gasteiger partial charge on any atom is -0.119 e. The summed E-state index contributed by atoms with van der Waals surface area (Å²) in [6.07, 6.45) is 8.88. The van der Waals surface area contributed by atoms with Crippen molar-refractivity contribution in [3.8, 4) is 0 Å². The van der Waals surface area contributed by atoms with Crippen LogP contribution >= 0.6 is 8.58 Å². The number of hydrogen-bond acceptors (Lipinski definition) is 0. The molecule has 1 saturated carbocycles. The van der Waals surface area contributed by atoms with Gasteiger partial charge in [-0.1, -0.05) is 33.1 Å². The highest BCUT2D eigenvalue weighted by Gasteiger charge is 2.21. The van der Waals surface area contributed by atoms with E-state index in [1.165, 1.54) is 39.7 Å². The molecule has 0 N–H and O–H groups in total. The Labute approximate surface area is 72.9 Å². The first kappa shape index (κ1) is 9.52. The van der Waals surface area contributed by atoms with E-state index in [0.717, 1.165) is 5.92 Å². The maximum Gasteiger partial charge on any atom is -0.0236 e. The average molecular weight is 172 g/mol. The van der Waals surface area contributed by atoms with Crippen LogP contribution in [0.2, 0.25) is 0 Å². The molecule has 1 fully saturated rings. The topological polar surface area (TPSA) is 0 Å². The van der Waals surface area contributed by atoms with E-state index >= 15 is 0 Å². The fraction of sp³-hybridized carbons (Fsp3) is 1.00. The Morgan fingerprint density at radius 1 is 1.45 bits per heavy atom. The smallest absolute Gasteiger partial charge is 0.0236 e. The van der Waals surface area contributed by atoms with Crippen molar-refractivity contribution in [1.82, 2.24) is 0 Å². The van der Waals surface area contributed by atoms with Gasteiger partial charge in [0.25, 0.3) is 0 Å². The lowest BCUT2D eigenvalue weighted by atomic mass is 10.1. The Hall–Kier alpha value is 0.430. The van der Waals surface area contributed by atoms with Crippen molar-refractivity contribution in [3.05, 3.63) is 0 Å². The van der Waals surface area contributed by atoms with Crippen molar-refractivity contribution in [2.24, 2.45) is 5.92 Å². The van der Waals surface area contributed by atoms with Gasteiger partial charge in [-0.25, -0.2) is 0 Å². The molecule has 2 atom stereocenters. The Kier molecular flexibility index (Phi) is 4.45. The molecule has 0 aromatic carbocycles. The maximum atomic E-state index is 2.42. The molecule has 1 aliphatic carbocycles. The molecule has 0 saturated heterocycles. The summed E-state index contributed by atoms with van der Waals surface area (Å²) < 4.78 is 0. The summed E-state index contributed by atoms with van der Waals surface area (Å²) in [6, 6.07) is 0. The van der Waals surface area contributed by atoms with Gasteiger partial charge in [0.2, 0.25) is 0 Å². The number of rotatable bonds is 6. The van der Waals surface area contributed by atoms with Gasteiger partial charge < -0.3 is 0 Å². The van der Waals surface area contributed by atoms with Crippen LogP contribution in [0.5, 0.6) is 0 Å². The van der Waals surface area contributed by atoms with Gasteiger partial charge >= 0.3 is 0 Å². The first-order valence-electron chi connectivity index (χ1n) is 5.06. The van der Waals surface area contributed by atoms with E-state index in [2.05, 4.69) is 13.8 Å². The van der Waals surface area contributed by atoms with Crippen LogP contribution in [-0.4, -0.2) is 11.8 Å². The SMILES string of the molecule is CCCCC(C)CPC1CC1. The average Bonchev–Trinajstić information content (AvgIpc) is 2.80. The summed E-state index contributed by atoms with van der Waals surface area (Å²) in [5, 5.41) is 0. The number of hydrogen-bond donors (Lipinski definition) is 0. The molecule has 0 amide bonds. The molecule has 0 spiro atoms. The third-order valence-corrected chi connectivity index (χ3v) is 4.47. The van der Waals surface area contributed by atoms with Gasteiger partial charge in [0.1, 0.15) is 0 Å². The molecule has 1 rings (SSSR count). The summed E-state index contributed by atoms with van der Waals surface area (Å²) in [5.74, 6) is 1.01. The van der Waals surface area contributed by atoms with Crippen LogP contribution in [0.25, 0.3) is 0 Å². The Bertz CT molecular complexity index is 97.0. The normalized spacial score (nSPS) is 21.3. The fourth-order valence-electron chi connectivity index (χ4n) is 1.31. The molecule has 66 valence electrons. The monoisotopic (exact) mass is 172 g/mol. The second kappa shape index (κ2) is 5.14. The van der Waals surface area contributed by atoms with E-state index in [0.29, 0.717) is 0 Å². The lowest BCUT2D eigenvalue weighted by molar-refractivity contribution is 0.556. The zero-order valence-corrected chi connectivity index (χ0v) is 8.90. The van der Waals surface area contributed by atoms with Gasteiger partial charge in [-0.2, -0.15) is 0 Å². The molecule has 1 aliphatic rings. The Morgan fingerprint density at radius 3 is 2.73 bits per heavy atom. The summed E-state index contributed by atoms with van der Waals surface area (Å²) in [5.41, 5.74) is 1.17. The van der Waals surface area contributed by atoms with Crippen LogP contribution in [0.15, 0.2) is 0 Å². The molecule has 1 heteroatoms. The molecular weight excluding hydrogens is 151 g/mol. The molecule has 0 heterocycles. The zero-order valence-electron chi connectivity index (χ0n) is 7.90. The predicted molar refractivity (Wildman–Crippen MR) is 54.9 cm³/mol. The summed E-state index contributed by atoms with van der Waals surface area (Å²) in [6.45, 7) is 4.71. The fourth-order valence-corrected chi connectivity index (χ4v) is 2.82. The molecule has 0 aromatic rings. The van der Waals surface area contributed by atoms with Crippen LogP contribution in [-0.2, 0) is 0 Å². The van der Waals surface area contributed by atoms with E-state index in [4.69, 9.17) is 0 Å². The van der Waals surface area contributed by atoms with Crippen molar-refractivity contribution < 1.29 is 0 Å². The summed E-state index contributed by atoms with van der Waals surface area (Å²) in [7, 11) is 1.29. The molecule has 11 heavy (non-hydrogen) atoms. The summed E-state index contributed by atoms with van der Waals surface area (Å²) >= 11 is 0. The standard InChI is InChI=1S/C10H21P/c1-3-4-5-9(2)8-11-10-6-7-10/h9-11H,3-8H2,1-2H3. The highest BCUT2D eigenvalue weighted by Crippen LogP contribution is 2.40. The minimum absolute atomic E-state index is 1.01. The second-order valence-electron chi connectivity index (χ2n) is 3.93.